The van der Waals surface area contributed by atoms with Crippen molar-refractivity contribution in [2.24, 2.45) is 0 Å². The van der Waals surface area contributed by atoms with Crippen LogP contribution in [-0.4, -0.2) is 0 Å². The van der Waals surface area contributed by atoms with Crippen molar-refractivity contribution in [3.8, 4) is 33.4 Å². The third kappa shape index (κ3) is 4.00. The summed E-state index contributed by atoms with van der Waals surface area (Å²) < 4.78 is 5.40. The Labute approximate surface area is 315 Å². The molecule has 1 aliphatic rings. The lowest BCUT2D eigenvalue weighted by Crippen LogP contribution is -2.16. The Hall–Kier alpha value is -5.80. The van der Waals surface area contributed by atoms with Gasteiger partial charge in [0, 0.05) is 51.3 Å². The molecule has 2 heteroatoms. The van der Waals surface area contributed by atoms with Crippen LogP contribution in [0.4, 0.5) is 0 Å². The smallest absolute Gasteiger partial charge is 0.0437 e. The molecule has 0 radical (unpaired) electrons. The van der Waals surface area contributed by atoms with E-state index in [9.17, 15) is 0 Å². The van der Waals surface area contributed by atoms with Gasteiger partial charge >= 0.3 is 0 Å². The molecule has 12 rings (SSSR count). The summed E-state index contributed by atoms with van der Waals surface area (Å²) >= 11 is 3.86. The van der Waals surface area contributed by atoms with Crippen molar-refractivity contribution in [3.63, 3.8) is 0 Å². The van der Waals surface area contributed by atoms with Crippen molar-refractivity contribution in [1.82, 2.24) is 0 Å². The van der Waals surface area contributed by atoms with Crippen LogP contribution in [0.1, 0.15) is 25.0 Å². The van der Waals surface area contributed by atoms with E-state index in [0.29, 0.717) is 0 Å². The van der Waals surface area contributed by atoms with Crippen LogP contribution in [0.2, 0.25) is 0 Å². The fourth-order valence-corrected chi connectivity index (χ4v) is 12.1. The zero-order valence-electron chi connectivity index (χ0n) is 29.3. The predicted octanol–water partition coefficient (Wildman–Crippen LogP) is 15.5. The van der Waals surface area contributed by atoms with Gasteiger partial charge in [-0.05, 0) is 102 Å². The Morgan fingerprint density at radius 3 is 1.72 bits per heavy atom. The first-order valence-electron chi connectivity index (χ1n) is 18.4. The van der Waals surface area contributed by atoms with Gasteiger partial charge in [-0.2, -0.15) is 0 Å². The molecular formula is C51H32S2. The highest BCUT2D eigenvalue weighted by Crippen LogP contribution is 2.58. The third-order valence-corrected chi connectivity index (χ3v) is 14.3. The zero-order chi connectivity index (χ0) is 35.0. The molecule has 0 amide bonds. The maximum atomic E-state index is 2.52. The number of rotatable bonds is 2. The van der Waals surface area contributed by atoms with Crippen molar-refractivity contribution >= 4 is 95.3 Å². The second-order valence-electron chi connectivity index (χ2n) is 15.2. The summed E-state index contributed by atoms with van der Waals surface area (Å²) in [5.41, 5.74) is 10.7. The Bertz CT molecular complexity index is 3310. The molecule has 0 N–H and O–H groups in total. The lowest BCUT2D eigenvalue weighted by molar-refractivity contribution is 0.663. The van der Waals surface area contributed by atoms with Crippen molar-refractivity contribution in [2.75, 3.05) is 0 Å². The van der Waals surface area contributed by atoms with Crippen LogP contribution < -0.4 is 0 Å². The summed E-state index contributed by atoms with van der Waals surface area (Å²) in [7, 11) is 0. The van der Waals surface area contributed by atoms with Crippen LogP contribution in [0.15, 0.2) is 158 Å². The predicted molar refractivity (Wildman–Crippen MR) is 233 cm³/mol. The van der Waals surface area contributed by atoms with E-state index < -0.39 is 0 Å². The lowest BCUT2D eigenvalue weighted by atomic mass is 9.76. The van der Waals surface area contributed by atoms with E-state index in [1.807, 2.05) is 22.7 Å². The molecule has 0 bridgehead atoms. The summed E-state index contributed by atoms with van der Waals surface area (Å²) in [6.45, 7) is 4.88. The molecule has 9 aromatic carbocycles. The van der Waals surface area contributed by atoms with E-state index in [1.54, 1.807) is 0 Å². The molecule has 0 saturated carbocycles. The molecule has 0 atom stereocenters. The summed E-state index contributed by atoms with van der Waals surface area (Å²) in [4.78, 5) is 0. The van der Waals surface area contributed by atoms with Gasteiger partial charge in [0.2, 0.25) is 0 Å². The fraction of sp³-hybridized carbons (Fsp3) is 0.0588. The van der Waals surface area contributed by atoms with E-state index >= 15 is 0 Å². The second kappa shape index (κ2) is 10.6. The number of fused-ring (bicyclic) bond motifs is 12. The van der Waals surface area contributed by atoms with E-state index in [0.717, 1.165) is 0 Å². The van der Waals surface area contributed by atoms with Crippen molar-refractivity contribution in [1.29, 1.82) is 0 Å². The minimum Gasteiger partial charge on any atom is -0.135 e. The Balaban J connectivity index is 1.25. The number of hydrogen-bond acceptors (Lipinski definition) is 2. The van der Waals surface area contributed by atoms with Gasteiger partial charge in [-0.1, -0.05) is 141 Å². The largest absolute Gasteiger partial charge is 0.135 e. The molecule has 0 aliphatic heterocycles. The molecule has 0 nitrogen and oxygen atoms in total. The van der Waals surface area contributed by atoms with Gasteiger partial charge in [0.1, 0.15) is 0 Å². The van der Waals surface area contributed by atoms with Gasteiger partial charge in [-0.15, -0.1) is 22.7 Å². The molecular weight excluding hydrogens is 677 g/mol. The highest BCUT2D eigenvalue weighted by atomic mass is 32.1. The highest BCUT2D eigenvalue weighted by molar-refractivity contribution is 7.26. The Kier molecular flexibility index (Phi) is 5.97. The standard InChI is InChI=1S/C51H32S2/c1-51(2)42-21-11-9-15-32(42)40-28-41-39-25-29-13-3-4-14-30(29)26-45(39)53-50(41)48(49(40)51)47-37-19-7-5-17-35(37)46(36-18-6-8-20-38(36)47)31-23-24-34-33-16-10-12-22-43(33)52-44(34)27-31/h3-28H,1-2H3. The highest BCUT2D eigenvalue weighted by Gasteiger charge is 2.39. The van der Waals surface area contributed by atoms with Crippen molar-refractivity contribution in [3.05, 3.63) is 169 Å². The SMILES string of the molecule is CC1(C)c2ccccc2-c2cc3c(sc4cc5ccccc5cc43)c(-c3c4ccccc4c(-c4ccc5c(c4)sc4ccccc45)c4ccccc34)c21. The minimum absolute atomic E-state index is 0.177. The van der Waals surface area contributed by atoms with Crippen LogP contribution in [0.3, 0.4) is 0 Å². The van der Waals surface area contributed by atoms with Gasteiger partial charge in [0.15, 0.2) is 0 Å². The monoisotopic (exact) mass is 708 g/mol. The van der Waals surface area contributed by atoms with Crippen LogP contribution in [0.5, 0.6) is 0 Å². The molecule has 0 unspecified atom stereocenters. The number of thiophene rings is 2. The minimum atomic E-state index is -0.177. The first-order valence-corrected chi connectivity index (χ1v) is 20.1. The van der Waals surface area contributed by atoms with Crippen LogP contribution in [0, 0.1) is 0 Å². The average Bonchev–Trinajstić information content (AvgIpc) is 3.82. The quantitative estimate of drug-likeness (QED) is 0.157. The topological polar surface area (TPSA) is 0 Å². The molecule has 0 spiro atoms. The maximum Gasteiger partial charge on any atom is 0.0437 e. The van der Waals surface area contributed by atoms with Crippen LogP contribution >= 0.6 is 22.7 Å². The van der Waals surface area contributed by atoms with Crippen LogP contribution in [-0.2, 0) is 5.41 Å². The summed E-state index contributed by atoms with van der Waals surface area (Å²) in [6, 6.07) is 59.6. The molecule has 0 fully saturated rings. The second-order valence-corrected chi connectivity index (χ2v) is 17.3. The zero-order valence-corrected chi connectivity index (χ0v) is 31.0. The van der Waals surface area contributed by atoms with E-state index in [4.69, 9.17) is 0 Å². The molecule has 2 aromatic heterocycles. The summed E-state index contributed by atoms with van der Waals surface area (Å²) in [5, 5.41) is 13.2. The van der Waals surface area contributed by atoms with E-state index in [1.165, 1.54) is 117 Å². The summed E-state index contributed by atoms with van der Waals surface area (Å²) in [5.74, 6) is 0. The van der Waals surface area contributed by atoms with Gasteiger partial charge in [0.05, 0.1) is 0 Å². The molecule has 0 saturated heterocycles. The average molecular weight is 709 g/mol. The maximum absolute atomic E-state index is 2.52. The molecule has 53 heavy (non-hydrogen) atoms. The molecule has 1 aliphatic carbocycles. The van der Waals surface area contributed by atoms with Gasteiger partial charge in [-0.3, -0.25) is 0 Å². The van der Waals surface area contributed by atoms with Crippen molar-refractivity contribution < 1.29 is 0 Å². The fourth-order valence-electron chi connectivity index (χ4n) is 9.68. The normalized spacial score (nSPS) is 13.6. The molecule has 11 aromatic rings. The molecule has 2 heterocycles. The lowest BCUT2D eigenvalue weighted by Gasteiger charge is -2.27. The first-order chi connectivity index (χ1) is 26.0. The van der Waals surface area contributed by atoms with Crippen molar-refractivity contribution in [2.45, 2.75) is 19.3 Å². The number of hydrogen-bond donors (Lipinski definition) is 0. The van der Waals surface area contributed by atoms with Gasteiger partial charge in [-0.25, -0.2) is 0 Å². The van der Waals surface area contributed by atoms with Gasteiger partial charge in [0.25, 0.3) is 0 Å². The van der Waals surface area contributed by atoms with Gasteiger partial charge < -0.3 is 0 Å². The Morgan fingerprint density at radius 2 is 0.962 bits per heavy atom. The number of benzene rings is 9. The van der Waals surface area contributed by atoms with E-state index in [2.05, 4.69) is 172 Å². The molecule has 248 valence electrons. The summed E-state index contributed by atoms with van der Waals surface area (Å²) in [6.07, 6.45) is 0. The third-order valence-electron chi connectivity index (χ3n) is 12.0. The van der Waals surface area contributed by atoms with E-state index in [-0.39, 0.29) is 5.41 Å². The Morgan fingerprint density at radius 1 is 0.377 bits per heavy atom. The first kappa shape index (κ1) is 29.7. The van der Waals surface area contributed by atoms with Crippen LogP contribution in [0.25, 0.3) is 106 Å².